The summed E-state index contributed by atoms with van der Waals surface area (Å²) in [6.45, 7) is 1.41. The van der Waals surface area contributed by atoms with Gasteiger partial charge in [-0.05, 0) is 41.3 Å². The van der Waals surface area contributed by atoms with Crippen LogP contribution >= 0.6 is 0 Å². The molecule has 0 spiro atoms. The van der Waals surface area contributed by atoms with Crippen molar-refractivity contribution in [3.05, 3.63) is 78.4 Å². The lowest BCUT2D eigenvalue weighted by Gasteiger charge is -2.33. The Morgan fingerprint density at radius 3 is 2.61 bits per heavy atom. The van der Waals surface area contributed by atoms with Gasteiger partial charge >= 0.3 is 0 Å². The number of phenolic OH excluding ortho intramolecular Hbond substituents is 1. The molecule has 8 heteroatoms. The van der Waals surface area contributed by atoms with E-state index >= 15 is 0 Å². The SMILES string of the molecule is N#CNC1=NC(c2ccc(O)cc2)(c2cccc(-c3cncnc3)c2)C2=NCCCN12. The quantitative estimate of drug-likeness (QED) is 0.508. The van der Waals surface area contributed by atoms with Crippen LogP contribution in [0.3, 0.4) is 0 Å². The number of nitriles is 1. The van der Waals surface area contributed by atoms with Crippen molar-refractivity contribution < 1.29 is 5.11 Å². The van der Waals surface area contributed by atoms with Crippen molar-refractivity contribution in [1.29, 1.82) is 5.26 Å². The van der Waals surface area contributed by atoms with Crippen molar-refractivity contribution in [1.82, 2.24) is 20.2 Å². The third-order valence-corrected chi connectivity index (χ3v) is 5.54. The number of nitrogens with one attached hydrogen (secondary N) is 1. The highest BCUT2D eigenvalue weighted by atomic mass is 16.3. The average Bonchev–Trinajstić information content (AvgIpc) is 3.16. The van der Waals surface area contributed by atoms with Crippen LogP contribution in [0.25, 0.3) is 11.1 Å². The van der Waals surface area contributed by atoms with Crippen LogP contribution in [0.1, 0.15) is 17.5 Å². The number of amidine groups is 1. The summed E-state index contributed by atoms with van der Waals surface area (Å²) in [5.41, 5.74) is 2.66. The second kappa shape index (κ2) is 7.54. The van der Waals surface area contributed by atoms with Crippen LogP contribution in [-0.2, 0) is 5.54 Å². The maximum atomic E-state index is 9.87. The zero-order valence-electron chi connectivity index (χ0n) is 16.6. The van der Waals surface area contributed by atoms with E-state index in [0.717, 1.165) is 41.1 Å². The zero-order chi connectivity index (χ0) is 21.3. The molecule has 3 heterocycles. The molecule has 0 amide bonds. The molecule has 0 aliphatic carbocycles. The summed E-state index contributed by atoms with van der Waals surface area (Å²) in [5, 5.41) is 21.9. The number of aliphatic imine (C=N–C) groups is 2. The number of fused-ring (bicyclic) bond motifs is 1. The van der Waals surface area contributed by atoms with Crippen LogP contribution in [0.15, 0.2) is 77.2 Å². The molecule has 1 atom stereocenters. The van der Waals surface area contributed by atoms with Crippen molar-refractivity contribution >= 4 is 11.8 Å². The molecule has 1 aromatic heterocycles. The van der Waals surface area contributed by atoms with E-state index in [4.69, 9.17) is 9.98 Å². The molecule has 5 rings (SSSR count). The highest BCUT2D eigenvalue weighted by Crippen LogP contribution is 2.43. The van der Waals surface area contributed by atoms with Gasteiger partial charge in [-0.3, -0.25) is 15.2 Å². The van der Waals surface area contributed by atoms with Gasteiger partial charge in [0.05, 0.1) is 0 Å². The van der Waals surface area contributed by atoms with E-state index in [1.807, 2.05) is 41.4 Å². The van der Waals surface area contributed by atoms with Crippen LogP contribution in [0.2, 0.25) is 0 Å². The number of aromatic hydroxyl groups is 1. The standard InChI is InChI=1S/C23H19N7O/c24-14-28-22-29-23(18-5-7-20(31)8-6-18,21-27-9-2-10-30(21)22)19-4-1-3-16(11-19)17-12-25-15-26-13-17/h1,3-8,11-13,15,31H,2,9-10H2,(H,28,29). The molecule has 3 aromatic rings. The number of guanidine groups is 1. The third kappa shape index (κ3) is 3.07. The molecule has 0 saturated carbocycles. The summed E-state index contributed by atoms with van der Waals surface area (Å²) in [5.74, 6) is 1.42. The predicted octanol–water partition coefficient (Wildman–Crippen LogP) is 2.64. The van der Waals surface area contributed by atoms with Gasteiger partial charge in [0.1, 0.15) is 17.9 Å². The van der Waals surface area contributed by atoms with Crippen molar-refractivity contribution in [2.75, 3.05) is 13.1 Å². The fourth-order valence-corrected chi connectivity index (χ4v) is 4.16. The lowest BCUT2D eigenvalue weighted by molar-refractivity contribution is 0.474. The van der Waals surface area contributed by atoms with Gasteiger partial charge in [-0.15, -0.1) is 0 Å². The monoisotopic (exact) mass is 409 g/mol. The minimum absolute atomic E-state index is 0.175. The summed E-state index contributed by atoms with van der Waals surface area (Å²) in [6.07, 6.45) is 7.91. The van der Waals surface area contributed by atoms with Crippen LogP contribution in [0.4, 0.5) is 0 Å². The van der Waals surface area contributed by atoms with E-state index in [2.05, 4.69) is 21.4 Å². The highest BCUT2D eigenvalue weighted by Gasteiger charge is 2.49. The van der Waals surface area contributed by atoms with Crippen molar-refractivity contribution in [2.45, 2.75) is 12.0 Å². The normalized spacial score (nSPS) is 19.8. The Labute approximate surface area is 179 Å². The van der Waals surface area contributed by atoms with E-state index < -0.39 is 5.54 Å². The van der Waals surface area contributed by atoms with Gasteiger partial charge in [0, 0.05) is 31.0 Å². The molecule has 2 aromatic carbocycles. The lowest BCUT2D eigenvalue weighted by Crippen LogP contribution is -2.47. The minimum Gasteiger partial charge on any atom is -0.508 e. The fraction of sp³-hybridized carbons (Fsp3) is 0.174. The molecule has 2 aliphatic rings. The largest absolute Gasteiger partial charge is 0.508 e. The Morgan fingerprint density at radius 1 is 1.03 bits per heavy atom. The van der Waals surface area contributed by atoms with Crippen molar-refractivity contribution in [3.8, 4) is 23.1 Å². The van der Waals surface area contributed by atoms with Crippen molar-refractivity contribution in [3.63, 3.8) is 0 Å². The maximum absolute atomic E-state index is 9.87. The first-order chi connectivity index (χ1) is 15.2. The third-order valence-electron chi connectivity index (χ3n) is 5.54. The molecule has 31 heavy (non-hydrogen) atoms. The summed E-state index contributed by atoms with van der Waals surface area (Å²) >= 11 is 0. The summed E-state index contributed by atoms with van der Waals surface area (Å²) in [7, 11) is 0. The first kappa shape index (κ1) is 18.8. The summed E-state index contributed by atoms with van der Waals surface area (Å²) in [4.78, 5) is 20.1. The summed E-state index contributed by atoms with van der Waals surface area (Å²) < 4.78 is 0. The van der Waals surface area contributed by atoms with E-state index in [1.165, 1.54) is 6.33 Å². The Bertz CT molecular complexity index is 1210. The number of hydrogen-bond donors (Lipinski definition) is 2. The van der Waals surface area contributed by atoms with Crippen LogP contribution in [0, 0.1) is 11.5 Å². The van der Waals surface area contributed by atoms with E-state index in [9.17, 15) is 10.4 Å². The molecule has 152 valence electrons. The lowest BCUT2D eigenvalue weighted by atomic mass is 9.81. The van der Waals surface area contributed by atoms with Crippen molar-refractivity contribution in [2.24, 2.45) is 9.98 Å². The van der Waals surface area contributed by atoms with E-state index in [0.29, 0.717) is 12.5 Å². The number of aromatic nitrogens is 2. The van der Waals surface area contributed by atoms with Crippen LogP contribution in [-0.4, -0.2) is 44.9 Å². The zero-order valence-corrected chi connectivity index (χ0v) is 16.6. The number of nitrogens with zero attached hydrogens (tertiary/aromatic N) is 6. The van der Waals surface area contributed by atoms with Crippen LogP contribution in [0.5, 0.6) is 5.75 Å². The molecule has 1 unspecified atom stereocenters. The average molecular weight is 409 g/mol. The van der Waals surface area contributed by atoms with Gasteiger partial charge in [-0.2, -0.15) is 5.26 Å². The van der Waals surface area contributed by atoms with Crippen LogP contribution < -0.4 is 5.32 Å². The minimum atomic E-state index is -0.945. The topological polar surface area (TPSA) is 110 Å². The van der Waals surface area contributed by atoms with Gasteiger partial charge in [-0.1, -0.05) is 30.3 Å². The van der Waals surface area contributed by atoms with Gasteiger partial charge in [0.2, 0.25) is 5.96 Å². The Kier molecular flexibility index (Phi) is 4.56. The molecule has 0 bridgehead atoms. The molecule has 0 radical (unpaired) electrons. The number of phenols is 1. The first-order valence-electron chi connectivity index (χ1n) is 9.95. The highest BCUT2D eigenvalue weighted by molar-refractivity contribution is 6.13. The van der Waals surface area contributed by atoms with Gasteiger partial charge in [0.15, 0.2) is 11.7 Å². The van der Waals surface area contributed by atoms with Gasteiger partial charge < -0.3 is 5.11 Å². The number of benzene rings is 2. The number of rotatable bonds is 3. The predicted molar refractivity (Wildman–Crippen MR) is 116 cm³/mol. The Morgan fingerprint density at radius 2 is 1.84 bits per heavy atom. The first-order valence-corrected chi connectivity index (χ1v) is 9.95. The fourth-order valence-electron chi connectivity index (χ4n) is 4.16. The maximum Gasteiger partial charge on any atom is 0.214 e. The molecular formula is C23H19N7O. The van der Waals surface area contributed by atoms with Gasteiger partial charge in [-0.25, -0.2) is 15.0 Å². The Hall–Kier alpha value is -4.25. The molecule has 0 saturated heterocycles. The summed E-state index contributed by atoms with van der Waals surface area (Å²) in [6, 6.07) is 15.0. The molecular weight excluding hydrogens is 390 g/mol. The molecule has 0 fully saturated rings. The molecule has 8 nitrogen and oxygen atoms in total. The number of hydrogen-bond acceptors (Lipinski definition) is 8. The second-order valence-corrected chi connectivity index (χ2v) is 7.35. The molecule has 2 N–H and O–H groups in total. The van der Waals surface area contributed by atoms with Gasteiger partial charge in [0.25, 0.3) is 0 Å². The second-order valence-electron chi connectivity index (χ2n) is 7.35. The smallest absolute Gasteiger partial charge is 0.214 e. The van der Waals surface area contributed by atoms with E-state index in [-0.39, 0.29) is 5.75 Å². The van der Waals surface area contributed by atoms with E-state index in [1.54, 1.807) is 24.5 Å². The Balaban J connectivity index is 1.76. The molecule has 2 aliphatic heterocycles.